The Morgan fingerprint density at radius 3 is 2.45 bits per heavy atom. The quantitative estimate of drug-likeness (QED) is 0.596. The van der Waals surface area contributed by atoms with E-state index < -0.39 is 0 Å². The van der Waals surface area contributed by atoms with Crippen LogP contribution in [-0.4, -0.2) is 4.57 Å². The van der Waals surface area contributed by atoms with Gasteiger partial charge in [-0.05, 0) is 26.3 Å². The molecular formula is C9H13NO. The molecule has 0 atom stereocenters. The lowest BCUT2D eigenvalue weighted by atomic mass is 10.2. The van der Waals surface area contributed by atoms with Crippen LogP contribution in [0.1, 0.15) is 18.2 Å². The van der Waals surface area contributed by atoms with E-state index in [0.29, 0.717) is 0 Å². The molecule has 1 aromatic heterocycles. The molecule has 0 aromatic carbocycles. The van der Waals surface area contributed by atoms with Crippen molar-refractivity contribution in [1.29, 1.82) is 0 Å². The summed E-state index contributed by atoms with van der Waals surface area (Å²) < 4.78 is 1.77. The van der Waals surface area contributed by atoms with Crippen molar-refractivity contribution in [3.63, 3.8) is 0 Å². The van der Waals surface area contributed by atoms with E-state index in [1.165, 1.54) is 5.56 Å². The van der Waals surface area contributed by atoms with Gasteiger partial charge in [-0.2, -0.15) is 0 Å². The summed E-state index contributed by atoms with van der Waals surface area (Å²) in [5.41, 5.74) is 2.34. The first-order valence-electron chi connectivity index (χ1n) is 3.84. The van der Waals surface area contributed by atoms with E-state index in [4.69, 9.17) is 0 Å². The Kier molecular flexibility index (Phi) is 2.13. The third kappa shape index (κ3) is 1.34. The minimum Gasteiger partial charge on any atom is -0.313 e. The zero-order valence-corrected chi connectivity index (χ0v) is 7.22. The van der Waals surface area contributed by atoms with Gasteiger partial charge >= 0.3 is 0 Å². The summed E-state index contributed by atoms with van der Waals surface area (Å²) in [6, 6.07) is 3.48. The fourth-order valence-corrected chi connectivity index (χ4v) is 1.18. The summed E-state index contributed by atoms with van der Waals surface area (Å²) in [5.74, 6) is 0. The van der Waals surface area contributed by atoms with Crippen LogP contribution in [0, 0.1) is 13.8 Å². The van der Waals surface area contributed by atoms with Crippen molar-refractivity contribution >= 4 is 0 Å². The minimum absolute atomic E-state index is 0.0931. The molecule has 60 valence electrons. The Morgan fingerprint density at radius 1 is 1.36 bits per heavy atom. The maximum absolute atomic E-state index is 11.2. The van der Waals surface area contributed by atoms with Crippen molar-refractivity contribution in [3.8, 4) is 0 Å². The fourth-order valence-electron chi connectivity index (χ4n) is 1.18. The Balaban J connectivity index is 3.41. The van der Waals surface area contributed by atoms with Gasteiger partial charge in [-0.3, -0.25) is 4.79 Å². The lowest BCUT2D eigenvalue weighted by molar-refractivity contribution is 0.695. The Morgan fingerprint density at radius 2 is 2.00 bits per heavy atom. The van der Waals surface area contributed by atoms with Gasteiger partial charge in [0.2, 0.25) is 0 Å². The molecule has 0 saturated heterocycles. The summed E-state index contributed by atoms with van der Waals surface area (Å²) in [6.45, 7) is 6.72. The van der Waals surface area contributed by atoms with Crippen molar-refractivity contribution in [2.24, 2.45) is 0 Å². The zero-order valence-electron chi connectivity index (χ0n) is 7.22. The second kappa shape index (κ2) is 2.91. The predicted molar refractivity (Wildman–Crippen MR) is 45.9 cm³/mol. The van der Waals surface area contributed by atoms with Gasteiger partial charge in [0, 0.05) is 18.3 Å². The molecule has 0 bridgehead atoms. The number of aryl methyl sites for hydroxylation is 1. The molecule has 1 aromatic rings. The molecule has 0 aliphatic heterocycles. The van der Waals surface area contributed by atoms with E-state index >= 15 is 0 Å². The van der Waals surface area contributed by atoms with E-state index in [1.54, 1.807) is 10.6 Å². The first kappa shape index (κ1) is 8.05. The highest BCUT2D eigenvalue weighted by Gasteiger charge is 1.98. The molecule has 0 amide bonds. The van der Waals surface area contributed by atoms with Crippen LogP contribution in [0.25, 0.3) is 0 Å². The van der Waals surface area contributed by atoms with Crippen LogP contribution in [0.15, 0.2) is 16.9 Å². The predicted octanol–water partition coefficient (Wildman–Crippen LogP) is 1.49. The van der Waals surface area contributed by atoms with Crippen molar-refractivity contribution in [2.75, 3.05) is 0 Å². The van der Waals surface area contributed by atoms with Crippen molar-refractivity contribution in [2.45, 2.75) is 27.3 Å². The van der Waals surface area contributed by atoms with E-state index in [-0.39, 0.29) is 5.56 Å². The van der Waals surface area contributed by atoms with Crippen LogP contribution in [0.4, 0.5) is 0 Å². The van der Waals surface area contributed by atoms with Crippen LogP contribution in [0.5, 0.6) is 0 Å². The molecule has 0 fully saturated rings. The Bertz CT molecular complexity index is 312. The summed E-state index contributed by atoms with van der Waals surface area (Å²) in [4.78, 5) is 11.2. The summed E-state index contributed by atoms with van der Waals surface area (Å²) in [6.07, 6.45) is 0. The number of hydrogen-bond acceptors (Lipinski definition) is 1. The Hall–Kier alpha value is -1.05. The maximum atomic E-state index is 11.2. The number of rotatable bonds is 1. The van der Waals surface area contributed by atoms with E-state index in [0.717, 1.165) is 12.2 Å². The summed E-state index contributed by atoms with van der Waals surface area (Å²) in [7, 11) is 0. The normalized spacial score (nSPS) is 10.1. The standard InChI is InChI=1S/C9H13NO/c1-4-10-8(3)7(2)5-6-9(10)11/h5-6H,4H2,1-3H3. The lowest BCUT2D eigenvalue weighted by Gasteiger charge is -2.07. The van der Waals surface area contributed by atoms with E-state index in [2.05, 4.69) is 0 Å². The van der Waals surface area contributed by atoms with Gasteiger partial charge in [0.1, 0.15) is 0 Å². The molecule has 11 heavy (non-hydrogen) atoms. The molecule has 0 radical (unpaired) electrons. The van der Waals surface area contributed by atoms with Gasteiger partial charge in [-0.1, -0.05) is 6.07 Å². The van der Waals surface area contributed by atoms with Gasteiger partial charge in [0.25, 0.3) is 5.56 Å². The highest BCUT2D eigenvalue weighted by atomic mass is 16.1. The Labute approximate surface area is 66.5 Å². The van der Waals surface area contributed by atoms with Crippen LogP contribution >= 0.6 is 0 Å². The second-order valence-corrected chi connectivity index (χ2v) is 2.68. The van der Waals surface area contributed by atoms with Crippen LogP contribution < -0.4 is 5.56 Å². The molecule has 0 N–H and O–H groups in total. The van der Waals surface area contributed by atoms with Crippen LogP contribution in [0.2, 0.25) is 0 Å². The average Bonchev–Trinajstić information content (AvgIpc) is 1.99. The van der Waals surface area contributed by atoms with Crippen molar-refractivity contribution in [3.05, 3.63) is 33.7 Å². The molecular weight excluding hydrogens is 138 g/mol. The van der Waals surface area contributed by atoms with Crippen LogP contribution in [0.3, 0.4) is 0 Å². The molecule has 0 saturated carbocycles. The molecule has 1 heterocycles. The number of nitrogens with zero attached hydrogens (tertiary/aromatic N) is 1. The highest BCUT2D eigenvalue weighted by Crippen LogP contribution is 2.01. The molecule has 0 spiro atoms. The topological polar surface area (TPSA) is 22.0 Å². The molecule has 2 heteroatoms. The van der Waals surface area contributed by atoms with Gasteiger partial charge in [0.15, 0.2) is 0 Å². The monoisotopic (exact) mass is 151 g/mol. The second-order valence-electron chi connectivity index (χ2n) is 2.68. The largest absolute Gasteiger partial charge is 0.313 e. The summed E-state index contributed by atoms with van der Waals surface area (Å²) in [5, 5.41) is 0. The highest BCUT2D eigenvalue weighted by molar-refractivity contribution is 5.17. The zero-order chi connectivity index (χ0) is 8.43. The SMILES string of the molecule is CCn1c(C)c(C)ccc1=O. The smallest absolute Gasteiger partial charge is 0.250 e. The summed E-state index contributed by atoms with van der Waals surface area (Å²) >= 11 is 0. The minimum atomic E-state index is 0.0931. The van der Waals surface area contributed by atoms with Crippen molar-refractivity contribution < 1.29 is 0 Å². The molecule has 0 aliphatic carbocycles. The number of hydrogen-bond donors (Lipinski definition) is 0. The van der Waals surface area contributed by atoms with Gasteiger partial charge < -0.3 is 4.57 Å². The fraction of sp³-hybridized carbons (Fsp3) is 0.444. The number of aromatic nitrogens is 1. The molecule has 0 unspecified atom stereocenters. The first-order chi connectivity index (χ1) is 5.16. The van der Waals surface area contributed by atoms with E-state index in [1.807, 2.05) is 26.8 Å². The lowest BCUT2D eigenvalue weighted by Crippen LogP contribution is -2.20. The third-order valence-corrected chi connectivity index (χ3v) is 2.03. The average molecular weight is 151 g/mol. The first-order valence-corrected chi connectivity index (χ1v) is 3.84. The van der Waals surface area contributed by atoms with Crippen LogP contribution in [-0.2, 0) is 6.54 Å². The van der Waals surface area contributed by atoms with Crippen molar-refractivity contribution in [1.82, 2.24) is 4.57 Å². The van der Waals surface area contributed by atoms with E-state index in [9.17, 15) is 4.79 Å². The van der Waals surface area contributed by atoms with Gasteiger partial charge in [-0.15, -0.1) is 0 Å². The third-order valence-electron chi connectivity index (χ3n) is 2.03. The number of pyridine rings is 1. The maximum Gasteiger partial charge on any atom is 0.250 e. The van der Waals surface area contributed by atoms with Gasteiger partial charge in [-0.25, -0.2) is 0 Å². The van der Waals surface area contributed by atoms with Gasteiger partial charge in [0.05, 0.1) is 0 Å². The molecule has 2 nitrogen and oxygen atoms in total. The molecule has 1 rings (SSSR count). The molecule has 0 aliphatic rings.